The smallest absolute Gasteiger partial charge is 0.254 e. The van der Waals surface area contributed by atoms with Crippen LogP contribution in [-0.2, 0) is 11.2 Å². The lowest BCUT2D eigenvalue weighted by Crippen LogP contribution is -2.49. The van der Waals surface area contributed by atoms with E-state index in [0.717, 1.165) is 12.0 Å². The van der Waals surface area contributed by atoms with Crippen LogP contribution in [0.3, 0.4) is 0 Å². The third-order valence-corrected chi connectivity index (χ3v) is 7.37. The SMILES string of the molecule is COc1ccccc1OC[C@@H]1c2ccsc2CCN1C(=O)CN(C(=O)c1cccc(Cl)c1)C(C)C. The normalized spacial score (nSPS) is 15.0. The van der Waals surface area contributed by atoms with Gasteiger partial charge in [0.05, 0.1) is 13.2 Å². The molecule has 1 aliphatic rings. The highest BCUT2D eigenvalue weighted by Gasteiger charge is 2.34. The fraction of sp³-hybridized carbons (Fsp3) is 0.333. The fourth-order valence-electron chi connectivity index (χ4n) is 4.29. The zero-order chi connectivity index (χ0) is 24.9. The molecule has 0 unspecified atom stereocenters. The molecular weight excluding hydrogens is 484 g/mol. The van der Waals surface area contributed by atoms with E-state index < -0.39 is 0 Å². The summed E-state index contributed by atoms with van der Waals surface area (Å²) in [6, 6.07) is 15.9. The maximum atomic E-state index is 13.6. The first-order chi connectivity index (χ1) is 16.9. The largest absolute Gasteiger partial charge is 0.493 e. The molecule has 6 nitrogen and oxygen atoms in total. The zero-order valence-corrected chi connectivity index (χ0v) is 21.6. The molecule has 1 aliphatic heterocycles. The van der Waals surface area contributed by atoms with E-state index in [1.54, 1.807) is 47.6 Å². The van der Waals surface area contributed by atoms with Crippen molar-refractivity contribution in [2.24, 2.45) is 0 Å². The van der Waals surface area contributed by atoms with Gasteiger partial charge >= 0.3 is 0 Å². The van der Waals surface area contributed by atoms with Crippen molar-refractivity contribution >= 4 is 34.8 Å². The molecule has 0 spiro atoms. The van der Waals surface area contributed by atoms with Gasteiger partial charge in [-0.25, -0.2) is 0 Å². The van der Waals surface area contributed by atoms with Gasteiger partial charge in [-0.3, -0.25) is 9.59 Å². The number of para-hydroxylation sites is 2. The number of hydrogen-bond acceptors (Lipinski definition) is 5. The Morgan fingerprint density at radius 3 is 2.63 bits per heavy atom. The summed E-state index contributed by atoms with van der Waals surface area (Å²) >= 11 is 7.80. The summed E-state index contributed by atoms with van der Waals surface area (Å²) in [4.78, 5) is 31.6. The number of amides is 2. The van der Waals surface area contributed by atoms with Crippen LogP contribution in [0, 0.1) is 0 Å². The Balaban J connectivity index is 1.55. The molecule has 35 heavy (non-hydrogen) atoms. The van der Waals surface area contributed by atoms with Gasteiger partial charge in [-0.2, -0.15) is 0 Å². The Kier molecular flexibility index (Phi) is 7.98. The highest BCUT2D eigenvalue weighted by molar-refractivity contribution is 7.10. The van der Waals surface area contributed by atoms with Gasteiger partial charge in [0.1, 0.15) is 13.2 Å². The third-order valence-electron chi connectivity index (χ3n) is 6.14. The molecule has 2 amide bonds. The molecule has 2 aromatic carbocycles. The molecule has 4 rings (SSSR count). The minimum atomic E-state index is -0.252. The van der Waals surface area contributed by atoms with Gasteiger partial charge in [0.25, 0.3) is 5.91 Å². The average molecular weight is 513 g/mol. The number of rotatable bonds is 8. The summed E-state index contributed by atoms with van der Waals surface area (Å²) in [6.07, 6.45) is 0.786. The van der Waals surface area contributed by atoms with E-state index in [1.807, 2.05) is 43.0 Å². The Hall–Kier alpha value is -3.03. The van der Waals surface area contributed by atoms with Gasteiger partial charge in [-0.1, -0.05) is 29.8 Å². The van der Waals surface area contributed by atoms with E-state index >= 15 is 0 Å². The summed E-state index contributed by atoms with van der Waals surface area (Å²) in [7, 11) is 1.60. The molecule has 8 heteroatoms. The van der Waals surface area contributed by atoms with Crippen LogP contribution in [0.1, 0.15) is 40.7 Å². The summed E-state index contributed by atoms with van der Waals surface area (Å²) in [5.41, 5.74) is 1.57. The molecule has 0 N–H and O–H groups in total. The lowest BCUT2D eigenvalue weighted by Gasteiger charge is -2.37. The van der Waals surface area contributed by atoms with Gasteiger partial charge in [0.15, 0.2) is 11.5 Å². The lowest BCUT2D eigenvalue weighted by atomic mass is 10.00. The van der Waals surface area contributed by atoms with Crippen LogP contribution in [0.2, 0.25) is 5.02 Å². The molecule has 1 aromatic heterocycles. The lowest BCUT2D eigenvalue weighted by molar-refractivity contribution is -0.136. The number of nitrogens with zero attached hydrogens (tertiary/aromatic N) is 2. The van der Waals surface area contributed by atoms with Crippen molar-refractivity contribution < 1.29 is 19.1 Å². The predicted octanol–water partition coefficient (Wildman–Crippen LogP) is 5.47. The van der Waals surface area contributed by atoms with Crippen LogP contribution in [0.4, 0.5) is 0 Å². The summed E-state index contributed by atoms with van der Waals surface area (Å²) in [6.45, 7) is 4.66. The van der Waals surface area contributed by atoms with Crippen LogP contribution >= 0.6 is 22.9 Å². The minimum absolute atomic E-state index is 0.0202. The van der Waals surface area contributed by atoms with Crippen LogP contribution < -0.4 is 9.47 Å². The van der Waals surface area contributed by atoms with Gasteiger partial charge in [-0.05, 0) is 67.6 Å². The Morgan fingerprint density at radius 2 is 1.91 bits per heavy atom. The molecule has 2 heterocycles. The molecule has 0 saturated heterocycles. The second kappa shape index (κ2) is 11.1. The standard InChI is InChI=1S/C27H29ClN2O4S/c1-18(2)30(27(32)19-7-6-8-20(28)15-19)16-26(31)29-13-11-25-21(12-14-35-25)22(29)17-34-24-10-5-4-9-23(24)33-3/h4-10,12,14-15,18,22H,11,13,16-17H2,1-3H3/t22-/m1/s1. The topological polar surface area (TPSA) is 59.1 Å². The van der Waals surface area contributed by atoms with E-state index in [9.17, 15) is 9.59 Å². The number of halogens is 1. The first-order valence-corrected chi connectivity index (χ1v) is 12.8. The number of carbonyl (C=O) groups is 2. The average Bonchev–Trinajstić information content (AvgIpc) is 3.34. The van der Waals surface area contributed by atoms with E-state index in [1.165, 1.54) is 4.88 Å². The minimum Gasteiger partial charge on any atom is -0.493 e. The second-order valence-corrected chi connectivity index (χ2v) is 10.1. The Labute approximate surface area is 215 Å². The number of fused-ring (bicyclic) bond motifs is 1. The Morgan fingerprint density at radius 1 is 1.14 bits per heavy atom. The third kappa shape index (κ3) is 5.63. The molecule has 0 aliphatic carbocycles. The maximum Gasteiger partial charge on any atom is 0.254 e. The zero-order valence-electron chi connectivity index (χ0n) is 20.1. The first-order valence-electron chi connectivity index (χ1n) is 11.6. The van der Waals surface area contributed by atoms with Crippen molar-refractivity contribution in [1.82, 2.24) is 9.80 Å². The fourth-order valence-corrected chi connectivity index (χ4v) is 5.41. The summed E-state index contributed by atoms with van der Waals surface area (Å²) in [5.74, 6) is 0.944. The molecular formula is C27H29ClN2O4S. The number of benzene rings is 2. The van der Waals surface area contributed by atoms with Crippen molar-refractivity contribution in [1.29, 1.82) is 0 Å². The predicted molar refractivity (Wildman–Crippen MR) is 139 cm³/mol. The molecule has 184 valence electrons. The second-order valence-electron chi connectivity index (χ2n) is 8.65. The monoisotopic (exact) mass is 512 g/mol. The number of carbonyl (C=O) groups excluding carboxylic acids is 2. The van der Waals surface area contributed by atoms with Crippen molar-refractivity contribution in [2.45, 2.75) is 32.4 Å². The maximum absolute atomic E-state index is 13.6. The molecule has 0 bridgehead atoms. The highest BCUT2D eigenvalue weighted by atomic mass is 35.5. The van der Waals surface area contributed by atoms with Crippen LogP contribution in [0.25, 0.3) is 0 Å². The van der Waals surface area contributed by atoms with Crippen LogP contribution in [0.15, 0.2) is 60.0 Å². The van der Waals surface area contributed by atoms with E-state index in [2.05, 4.69) is 11.4 Å². The summed E-state index contributed by atoms with van der Waals surface area (Å²) < 4.78 is 11.6. The quantitative estimate of drug-likeness (QED) is 0.402. The number of hydrogen-bond donors (Lipinski definition) is 0. The Bertz CT molecular complexity index is 1200. The molecule has 0 radical (unpaired) electrons. The van der Waals surface area contributed by atoms with Gasteiger partial charge in [-0.15, -0.1) is 11.3 Å². The van der Waals surface area contributed by atoms with Gasteiger partial charge < -0.3 is 19.3 Å². The summed E-state index contributed by atoms with van der Waals surface area (Å²) in [5, 5.41) is 2.54. The van der Waals surface area contributed by atoms with Crippen molar-refractivity contribution in [3.63, 3.8) is 0 Å². The molecule has 3 aromatic rings. The number of ether oxygens (including phenoxy) is 2. The van der Waals surface area contributed by atoms with Crippen molar-refractivity contribution in [3.05, 3.63) is 81.0 Å². The molecule has 1 atom stereocenters. The van der Waals surface area contributed by atoms with Crippen LogP contribution in [0.5, 0.6) is 11.5 Å². The van der Waals surface area contributed by atoms with E-state index in [0.29, 0.717) is 35.2 Å². The molecule has 0 saturated carbocycles. The highest BCUT2D eigenvalue weighted by Crippen LogP contribution is 2.35. The van der Waals surface area contributed by atoms with Crippen LogP contribution in [-0.4, -0.2) is 54.5 Å². The first kappa shape index (κ1) is 25.1. The van der Waals surface area contributed by atoms with Crippen molar-refractivity contribution in [3.8, 4) is 11.5 Å². The number of methoxy groups -OCH3 is 1. The van der Waals surface area contributed by atoms with Gasteiger partial charge in [0, 0.05) is 28.0 Å². The van der Waals surface area contributed by atoms with E-state index in [-0.39, 0.29) is 30.4 Å². The van der Waals surface area contributed by atoms with Gasteiger partial charge in [0.2, 0.25) is 5.91 Å². The molecule has 0 fully saturated rings. The van der Waals surface area contributed by atoms with Crippen molar-refractivity contribution in [2.75, 3.05) is 26.8 Å². The number of thiophene rings is 1. The van der Waals surface area contributed by atoms with E-state index in [4.69, 9.17) is 21.1 Å².